The molecular weight excluding hydrogens is 198 g/mol. The standard InChI is InChI=1S/C10H9NO4/c1-3-6(2)11-9(12)7-4-5-8(15-7)10(13)14/h1,4-6H,2H3,(H,11,12)(H,13,14). The Labute approximate surface area is 86.1 Å². The zero-order chi connectivity index (χ0) is 11.4. The Morgan fingerprint density at radius 3 is 2.60 bits per heavy atom. The minimum atomic E-state index is -1.22. The lowest BCUT2D eigenvalue weighted by atomic mass is 10.3. The summed E-state index contributed by atoms with van der Waals surface area (Å²) >= 11 is 0. The van der Waals surface area contributed by atoms with Gasteiger partial charge < -0.3 is 14.8 Å². The number of amides is 1. The van der Waals surface area contributed by atoms with E-state index in [1.807, 2.05) is 0 Å². The van der Waals surface area contributed by atoms with E-state index in [0.717, 1.165) is 0 Å². The highest BCUT2D eigenvalue weighted by Gasteiger charge is 2.15. The average Bonchev–Trinajstić information content (AvgIpc) is 2.66. The lowest BCUT2D eigenvalue weighted by Crippen LogP contribution is -2.30. The monoisotopic (exact) mass is 207 g/mol. The molecule has 0 saturated carbocycles. The second-order valence-electron chi connectivity index (χ2n) is 2.83. The normalized spacial score (nSPS) is 11.5. The number of hydrogen-bond donors (Lipinski definition) is 2. The molecule has 1 amide bonds. The molecule has 0 aliphatic carbocycles. The molecule has 0 saturated heterocycles. The van der Waals surface area contributed by atoms with Crippen molar-refractivity contribution in [3.05, 3.63) is 23.7 Å². The Kier molecular flexibility index (Phi) is 3.13. The van der Waals surface area contributed by atoms with Crippen molar-refractivity contribution in [2.75, 3.05) is 0 Å². The maximum absolute atomic E-state index is 11.4. The smallest absolute Gasteiger partial charge is 0.371 e. The van der Waals surface area contributed by atoms with Gasteiger partial charge in [-0.3, -0.25) is 4.79 Å². The summed E-state index contributed by atoms with van der Waals surface area (Å²) in [5, 5.41) is 11.0. The van der Waals surface area contributed by atoms with E-state index < -0.39 is 17.9 Å². The predicted octanol–water partition coefficient (Wildman–Crippen LogP) is 0.729. The van der Waals surface area contributed by atoms with Gasteiger partial charge in [0.1, 0.15) is 0 Å². The SMILES string of the molecule is C#CC(C)NC(=O)c1ccc(C(=O)O)o1. The number of furan rings is 1. The van der Waals surface area contributed by atoms with Crippen molar-refractivity contribution in [3.8, 4) is 12.3 Å². The summed E-state index contributed by atoms with van der Waals surface area (Å²) in [6.07, 6.45) is 5.06. The van der Waals surface area contributed by atoms with Crippen molar-refractivity contribution >= 4 is 11.9 Å². The lowest BCUT2D eigenvalue weighted by molar-refractivity contribution is 0.0659. The van der Waals surface area contributed by atoms with Crippen LogP contribution in [0.3, 0.4) is 0 Å². The van der Waals surface area contributed by atoms with E-state index in [9.17, 15) is 9.59 Å². The van der Waals surface area contributed by atoms with Crippen molar-refractivity contribution in [2.24, 2.45) is 0 Å². The van der Waals surface area contributed by atoms with Crippen LogP contribution in [-0.4, -0.2) is 23.0 Å². The van der Waals surface area contributed by atoms with E-state index in [1.165, 1.54) is 12.1 Å². The summed E-state index contributed by atoms with van der Waals surface area (Å²) in [6.45, 7) is 1.62. The minimum absolute atomic E-state index is 0.0745. The lowest BCUT2D eigenvalue weighted by Gasteiger charge is -2.04. The van der Waals surface area contributed by atoms with E-state index in [-0.39, 0.29) is 11.5 Å². The third kappa shape index (κ3) is 2.61. The first kappa shape index (κ1) is 10.9. The molecular formula is C10H9NO4. The second-order valence-corrected chi connectivity index (χ2v) is 2.83. The van der Waals surface area contributed by atoms with Gasteiger partial charge in [-0.25, -0.2) is 4.79 Å². The fourth-order valence-electron chi connectivity index (χ4n) is 0.884. The number of terminal acetylenes is 1. The van der Waals surface area contributed by atoms with Gasteiger partial charge in [-0.1, -0.05) is 5.92 Å². The quantitative estimate of drug-likeness (QED) is 0.716. The van der Waals surface area contributed by atoms with Crippen LogP contribution in [0.2, 0.25) is 0 Å². The van der Waals surface area contributed by atoms with E-state index in [4.69, 9.17) is 15.9 Å². The van der Waals surface area contributed by atoms with Crippen LogP contribution in [0.25, 0.3) is 0 Å². The molecule has 1 atom stereocenters. The molecule has 0 aromatic carbocycles. The topological polar surface area (TPSA) is 79.5 Å². The van der Waals surface area contributed by atoms with E-state index in [2.05, 4.69) is 11.2 Å². The van der Waals surface area contributed by atoms with Crippen molar-refractivity contribution in [3.63, 3.8) is 0 Å². The number of carbonyl (C=O) groups is 2. The third-order valence-electron chi connectivity index (χ3n) is 1.64. The number of carboxylic acid groups (broad SMARTS) is 1. The maximum Gasteiger partial charge on any atom is 0.371 e. The van der Waals surface area contributed by atoms with Crippen molar-refractivity contribution in [2.45, 2.75) is 13.0 Å². The minimum Gasteiger partial charge on any atom is -0.475 e. The Hall–Kier alpha value is -2.22. The molecule has 0 aliphatic rings. The van der Waals surface area contributed by atoms with E-state index in [0.29, 0.717) is 0 Å². The molecule has 78 valence electrons. The van der Waals surface area contributed by atoms with Gasteiger partial charge >= 0.3 is 5.97 Å². The first-order valence-electron chi connectivity index (χ1n) is 4.14. The first-order valence-corrected chi connectivity index (χ1v) is 4.14. The van der Waals surface area contributed by atoms with Gasteiger partial charge in [0, 0.05) is 0 Å². The zero-order valence-corrected chi connectivity index (χ0v) is 7.98. The summed E-state index contributed by atoms with van der Waals surface area (Å²) in [5.74, 6) is 0.189. The molecule has 5 nitrogen and oxygen atoms in total. The molecule has 0 spiro atoms. The van der Waals surface area contributed by atoms with Gasteiger partial charge in [0.15, 0.2) is 5.76 Å². The summed E-state index contributed by atoms with van der Waals surface area (Å²) in [7, 11) is 0. The highest BCUT2D eigenvalue weighted by Crippen LogP contribution is 2.07. The summed E-state index contributed by atoms with van der Waals surface area (Å²) in [4.78, 5) is 21.8. The largest absolute Gasteiger partial charge is 0.475 e. The van der Waals surface area contributed by atoms with E-state index in [1.54, 1.807) is 6.92 Å². The van der Waals surface area contributed by atoms with Crippen molar-refractivity contribution in [1.29, 1.82) is 0 Å². The molecule has 0 aliphatic heterocycles. The van der Waals surface area contributed by atoms with Gasteiger partial charge in [0.25, 0.3) is 5.91 Å². The van der Waals surface area contributed by atoms with Crippen LogP contribution in [0.1, 0.15) is 28.0 Å². The Balaban J connectivity index is 2.75. The van der Waals surface area contributed by atoms with Crippen molar-refractivity contribution < 1.29 is 19.1 Å². The second kappa shape index (κ2) is 4.33. The third-order valence-corrected chi connectivity index (χ3v) is 1.64. The predicted molar refractivity (Wildman–Crippen MR) is 51.4 cm³/mol. The first-order chi connectivity index (χ1) is 7.04. The summed E-state index contributed by atoms with van der Waals surface area (Å²) in [5.41, 5.74) is 0. The molecule has 2 N–H and O–H groups in total. The molecule has 1 aromatic heterocycles. The maximum atomic E-state index is 11.4. The Morgan fingerprint density at radius 1 is 1.53 bits per heavy atom. The Morgan fingerprint density at radius 2 is 2.13 bits per heavy atom. The molecule has 15 heavy (non-hydrogen) atoms. The van der Waals surface area contributed by atoms with E-state index >= 15 is 0 Å². The summed E-state index contributed by atoms with van der Waals surface area (Å²) < 4.78 is 4.77. The Bertz CT molecular complexity index is 427. The summed E-state index contributed by atoms with van der Waals surface area (Å²) in [6, 6.07) is 2.05. The van der Waals surface area contributed by atoms with Crippen LogP contribution in [0.15, 0.2) is 16.5 Å². The highest BCUT2D eigenvalue weighted by molar-refractivity contribution is 5.93. The van der Waals surface area contributed by atoms with Crippen LogP contribution in [0.4, 0.5) is 0 Å². The van der Waals surface area contributed by atoms with Gasteiger partial charge in [0.2, 0.25) is 5.76 Å². The van der Waals surface area contributed by atoms with Crippen LogP contribution in [-0.2, 0) is 0 Å². The molecule has 0 bridgehead atoms. The molecule has 1 unspecified atom stereocenters. The number of hydrogen-bond acceptors (Lipinski definition) is 3. The van der Waals surface area contributed by atoms with Gasteiger partial charge in [-0.05, 0) is 19.1 Å². The number of nitrogens with one attached hydrogen (secondary N) is 1. The molecule has 0 radical (unpaired) electrons. The van der Waals surface area contributed by atoms with Gasteiger partial charge in [0.05, 0.1) is 6.04 Å². The van der Waals surface area contributed by atoms with Gasteiger partial charge in [-0.15, -0.1) is 6.42 Å². The zero-order valence-electron chi connectivity index (χ0n) is 7.98. The van der Waals surface area contributed by atoms with Crippen LogP contribution in [0, 0.1) is 12.3 Å². The molecule has 1 aromatic rings. The molecule has 5 heteroatoms. The number of aromatic carboxylic acids is 1. The van der Waals surface area contributed by atoms with Gasteiger partial charge in [-0.2, -0.15) is 0 Å². The average molecular weight is 207 g/mol. The fraction of sp³-hybridized carbons (Fsp3) is 0.200. The number of rotatable bonds is 3. The van der Waals surface area contributed by atoms with Crippen LogP contribution >= 0.6 is 0 Å². The fourth-order valence-corrected chi connectivity index (χ4v) is 0.884. The van der Waals surface area contributed by atoms with Crippen LogP contribution < -0.4 is 5.32 Å². The van der Waals surface area contributed by atoms with Crippen molar-refractivity contribution in [1.82, 2.24) is 5.32 Å². The number of carboxylic acids is 1. The number of carbonyl (C=O) groups excluding carboxylic acids is 1. The molecule has 1 heterocycles. The highest BCUT2D eigenvalue weighted by atomic mass is 16.4. The van der Waals surface area contributed by atoms with Crippen LogP contribution in [0.5, 0.6) is 0 Å². The molecule has 0 fully saturated rings. The molecule has 1 rings (SSSR count).